The van der Waals surface area contributed by atoms with Crippen LogP contribution in [0.15, 0.2) is 80.4 Å². The lowest BCUT2D eigenvalue weighted by Gasteiger charge is -2.28. The molecule has 2 aromatic carbocycles. The molecule has 0 unspecified atom stereocenters. The first-order valence-electron chi connectivity index (χ1n) is 17.7. The monoisotopic (exact) mass is 696 g/mol. The van der Waals surface area contributed by atoms with Gasteiger partial charge >= 0.3 is 11.9 Å². The van der Waals surface area contributed by atoms with E-state index >= 15 is 0 Å². The van der Waals surface area contributed by atoms with Crippen molar-refractivity contribution in [1.82, 2.24) is 9.88 Å². The number of methoxy groups -OCH3 is 2. The summed E-state index contributed by atoms with van der Waals surface area (Å²) in [6.07, 6.45) is 9.61. The normalized spacial score (nSPS) is 16.3. The largest absolute Gasteiger partial charge is 0.496 e. The van der Waals surface area contributed by atoms with Crippen LogP contribution >= 0.6 is 0 Å². The first kappa shape index (κ1) is 38.9. The molecule has 0 bridgehead atoms. The van der Waals surface area contributed by atoms with Crippen molar-refractivity contribution in [3.63, 3.8) is 0 Å². The summed E-state index contributed by atoms with van der Waals surface area (Å²) < 4.78 is 23.1. The number of unbranched alkanes of at least 4 members (excludes halogenated alkanes) is 3. The van der Waals surface area contributed by atoms with E-state index < -0.39 is 30.0 Å². The fourth-order valence-electron chi connectivity index (χ4n) is 6.48. The average Bonchev–Trinajstić information content (AvgIpc) is 3.56. The number of esters is 2. The number of hydrogen-bond donors (Lipinski definition) is 0. The minimum absolute atomic E-state index is 0.0814. The maximum Gasteiger partial charge on any atom is 0.328 e. The van der Waals surface area contributed by atoms with Crippen LogP contribution in [0.3, 0.4) is 0 Å². The Balaban J connectivity index is 1.63. The molecule has 9 nitrogen and oxygen atoms in total. The topological polar surface area (TPSA) is 104 Å². The smallest absolute Gasteiger partial charge is 0.328 e. The Hall–Kier alpha value is -4.92. The molecule has 272 valence electrons. The molecular weight excluding hydrogens is 644 g/mol. The van der Waals surface area contributed by atoms with Crippen molar-refractivity contribution < 1.29 is 33.3 Å². The fourth-order valence-corrected chi connectivity index (χ4v) is 6.48. The van der Waals surface area contributed by atoms with Crippen molar-refractivity contribution in [2.45, 2.75) is 77.4 Å². The van der Waals surface area contributed by atoms with E-state index in [0.717, 1.165) is 42.2 Å². The van der Waals surface area contributed by atoms with E-state index in [-0.39, 0.29) is 37.3 Å². The lowest BCUT2D eigenvalue weighted by molar-refractivity contribution is -0.155. The van der Waals surface area contributed by atoms with Gasteiger partial charge in [0, 0.05) is 46.4 Å². The zero-order valence-electron chi connectivity index (χ0n) is 30.5. The molecule has 1 aromatic heterocycles. The van der Waals surface area contributed by atoms with Crippen LogP contribution in [0.2, 0.25) is 0 Å². The molecular formula is C42H52N2O7. The van der Waals surface area contributed by atoms with E-state index in [1.165, 1.54) is 12.0 Å². The number of carbonyl (C=O) groups is 3. The Bertz CT molecular complexity index is 1700. The third-order valence-electron chi connectivity index (χ3n) is 9.27. The number of benzene rings is 2. The quantitative estimate of drug-likeness (QED) is 0.0700. The molecule has 0 saturated carbocycles. The Labute approximate surface area is 302 Å². The first-order chi connectivity index (χ1) is 24.5. The number of nitrogens with zero attached hydrogens (tertiary/aromatic N) is 2. The van der Waals surface area contributed by atoms with Gasteiger partial charge in [-0.05, 0) is 31.7 Å². The fraction of sp³-hybridized carbons (Fsp3) is 0.429. The summed E-state index contributed by atoms with van der Waals surface area (Å²) in [5, 5.41) is 0.740. The van der Waals surface area contributed by atoms with Crippen LogP contribution in [-0.2, 0) is 23.9 Å². The van der Waals surface area contributed by atoms with Gasteiger partial charge in [-0.1, -0.05) is 81.8 Å². The van der Waals surface area contributed by atoms with Gasteiger partial charge in [-0.2, -0.15) is 0 Å². The second-order valence-corrected chi connectivity index (χ2v) is 13.8. The van der Waals surface area contributed by atoms with E-state index in [1.807, 2.05) is 68.5 Å². The molecule has 3 aromatic rings. The van der Waals surface area contributed by atoms with E-state index in [4.69, 9.17) is 23.9 Å². The molecule has 1 aliphatic rings. The molecule has 2 heterocycles. The van der Waals surface area contributed by atoms with Crippen LogP contribution < -0.4 is 9.47 Å². The molecule has 0 aliphatic carbocycles. The van der Waals surface area contributed by atoms with Crippen LogP contribution in [0.25, 0.3) is 28.2 Å². The van der Waals surface area contributed by atoms with Crippen molar-refractivity contribution in [3.8, 4) is 22.8 Å². The van der Waals surface area contributed by atoms with E-state index in [9.17, 15) is 14.4 Å². The highest BCUT2D eigenvalue weighted by molar-refractivity contribution is 5.92. The predicted molar refractivity (Wildman–Crippen MR) is 201 cm³/mol. The lowest BCUT2D eigenvalue weighted by atomic mass is 9.90. The van der Waals surface area contributed by atoms with E-state index in [0.29, 0.717) is 35.6 Å². The number of likely N-dealkylation sites (tertiary alicyclic amines) is 1. The van der Waals surface area contributed by atoms with Crippen LogP contribution in [-0.4, -0.2) is 67.2 Å². The minimum Gasteiger partial charge on any atom is -0.496 e. The van der Waals surface area contributed by atoms with Crippen molar-refractivity contribution in [1.29, 1.82) is 0 Å². The van der Waals surface area contributed by atoms with Gasteiger partial charge in [-0.15, -0.1) is 13.2 Å². The third-order valence-corrected chi connectivity index (χ3v) is 9.27. The molecule has 1 aliphatic heterocycles. The summed E-state index contributed by atoms with van der Waals surface area (Å²) in [6, 6.07) is 14.5. The summed E-state index contributed by atoms with van der Waals surface area (Å²) >= 11 is 0. The van der Waals surface area contributed by atoms with Crippen LogP contribution in [0, 0.1) is 11.3 Å². The average molecular weight is 697 g/mol. The highest BCUT2D eigenvalue weighted by Gasteiger charge is 2.44. The number of rotatable bonds is 19. The van der Waals surface area contributed by atoms with Gasteiger partial charge in [0.05, 0.1) is 45.0 Å². The molecule has 0 N–H and O–H groups in total. The number of ether oxygens (including phenoxy) is 4. The highest BCUT2D eigenvalue weighted by Crippen LogP contribution is 2.37. The predicted octanol–water partition coefficient (Wildman–Crippen LogP) is 8.36. The van der Waals surface area contributed by atoms with Gasteiger partial charge in [0.2, 0.25) is 5.91 Å². The van der Waals surface area contributed by atoms with Crippen molar-refractivity contribution in [2.24, 2.45) is 11.3 Å². The molecule has 3 atom stereocenters. The summed E-state index contributed by atoms with van der Waals surface area (Å²) in [4.78, 5) is 47.1. The maximum atomic E-state index is 14.3. The molecule has 0 spiro atoms. The summed E-state index contributed by atoms with van der Waals surface area (Å²) in [5.41, 5.74) is 2.77. The Morgan fingerprint density at radius 1 is 1.00 bits per heavy atom. The third kappa shape index (κ3) is 10.3. The molecule has 1 fully saturated rings. The Kier molecular flexibility index (Phi) is 14.0. The summed E-state index contributed by atoms with van der Waals surface area (Å²) in [6.45, 7) is 15.9. The first-order valence-corrected chi connectivity index (χ1v) is 17.7. The molecule has 1 amide bonds. The van der Waals surface area contributed by atoms with Gasteiger partial charge in [-0.3, -0.25) is 9.59 Å². The van der Waals surface area contributed by atoms with Crippen LogP contribution in [0.1, 0.15) is 70.8 Å². The van der Waals surface area contributed by atoms with Gasteiger partial charge in [0.15, 0.2) is 0 Å². The molecule has 0 radical (unpaired) electrons. The van der Waals surface area contributed by atoms with Gasteiger partial charge in [-0.25, -0.2) is 9.78 Å². The number of hydrogen-bond acceptors (Lipinski definition) is 8. The molecule has 4 rings (SSSR count). The second-order valence-electron chi connectivity index (χ2n) is 13.8. The van der Waals surface area contributed by atoms with E-state index in [1.54, 1.807) is 19.3 Å². The van der Waals surface area contributed by atoms with Crippen molar-refractivity contribution >= 4 is 34.8 Å². The second kappa shape index (κ2) is 18.4. The number of amides is 1. The van der Waals surface area contributed by atoms with Gasteiger partial charge in [0.25, 0.3) is 0 Å². The molecule has 1 saturated heterocycles. The van der Waals surface area contributed by atoms with Crippen LogP contribution in [0.5, 0.6) is 11.5 Å². The number of allylic oxidation sites excluding steroid dienone is 2. The number of fused-ring (bicyclic) bond motifs is 1. The van der Waals surface area contributed by atoms with Gasteiger partial charge in [0.1, 0.15) is 23.6 Å². The molecule has 9 heteroatoms. The van der Waals surface area contributed by atoms with Crippen LogP contribution in [0.4, 0.5) is 0 Å². The number of aromatic nitrogens is 1. The van der Waals surface area contributed by atoms with E-state index in [2.05, 4.69) is 19.7 Å². The standard InChI is InChI=1S/C42H52N2O7/c1-8-11-12-13-15-20-31(23-39(45)50-28-42(4,5)21-9-2)40(46)44-27-32(24-36(44)41(47)49-7)51-38-25-34(30-18-16-14-17-19-30)43-35-26-37(48-6)29(10-3)22-33(35)38/h8-10,14,16-19,22,25-26,31-32,36H,1-3,11-13,15,20-21,23-24,27-28H2,4-7H3/t31-,32-,36+/m1/s1. The number of pyridine rings is 1. The van der Waals surface area contributed by atoms with Crippen molar-refractivity contribution in [2.75, 3.05) is 27.4 Å². The zero-order valence-corrected chi connectivity index (χ0v) is 30.5. The highest BCUT2D eigenvalue weighted by atomic mass is 16.5. The summed E-state index contributed by atoms with van der Waals surface area (Å²) in [5.74, 6) is -0.742. The number of carbonyl (C=O) groups excluding carboxylic acids is 3. The minimum atomic E-state index is -0.871. The zero-order chi connectivity index (χ0) is 37.0. The lowest BCUT2D eigenvalue weighted by Crippen LogP contribution is -2.45. The Morgan fingerprint density at radius 2 is 1.76 bits per heavy atom. The van der Waals surface area contributed by atoms with Gasteiger partial charge < -0.3 is 23.8 Å². The SMILES string of the molecule is C=CCCCCC[C@H](CC(=O)OCC(C)(C)CC=C)C(=O)N1C[C@H](Oc2cc(-c3ccccc3)nc3cc(OC)c(C=C)cc23)C[C@H]1C(=O)OC. The molecule has 51 heavy (non-hydrogen) atoms. The summed E-state index contributed by atoms with van der Waals surface area (Å²) in [7, 11) is 2.91. The maximum absolute atomic E-state index is 14.3. The Morgan fingerprint density at radius 3 is 2.43 bits per heavy atom. The van der Waals surface area contributed by atoms with Crippen molar-refractivity contribution in [3.05, 3.63) is 86.0 Å².